The number of amides is 2. The topological polar surface area (TPSA) is 58.4 Å². The summed E-state index contributed by atoms with van der Waals surface area (Å²) in [6, 6.07) is 27.7. The van der Waals surface area contributed by atoms with Crippen LogP contribution in [0.4, 0.5) is 4.79 Å². The normalized spacial score (nSPS) is 11.4. The molecule has 0 saturated heterocycles. The molecule has 3 rings (SSSR count). The lowest BCUT2D eigenvalue weighted by Gasteiger charge is -2.33. The lowest BCUT2D eigenvalue weighted by atomic mass is 9.93. The Kier molecular flexibility index (Phi) is 7.88. The third kappa shape index (κ3) is 6.42. The first-order valence-corrected chi connectivity index (χ1v) is 11.3. The Bertz CT molecular complexity index is 937. The second kappa shape index (κ2) is 10.6. The van der Waals surface area contributed by atoms with E-state index in [1.807, 2.05) is 89.8 Å². The van der Waals surface area contributed by atoms with Gasteiger partial charge in [0.05, 0.1) is 6.04 Å². The summed E-state index contributed by atoms with van der Waals surface area (Å²) in [6.45, 7) is 5.70. The molecule has 0 aliphatic rings. The highest BCUT2D eigenvalue weighted by Gasteiger charge is 2.27. The van der Waals surface area contributed by atoms with E-state index in [2.05, 4.69) is 35.1 Å². The smallest absolute Gasteiger partial charge is 0.318 e. The van der Waals surface area contributed by atoms with E-state index in [4.69, 9.17) is 5.73 Å². The van der Waals surface area contributed by atoms with E-state index in [9.17, 15) is 4.79 Å². The minimum Gasteiger partial charge on any atom is -0.330 e. The van der Waals surface area contributed by atoms with Gasteiger partial charge >= 0.3 is 6.03 Å². The molecule has 0 atom stereocenters. The van der Waals surface area contributed by atoms with Crippen molar-refractivity contribution in [3.63, 3.8) is 0 Å². The van der Waals surface area contributed by atoms with E-state index in [1.54, 1.807) is 0 Å². The van der Waals surface area contributed by atoms with Gasteiger partial charge in [0.25, 0.3) is 0 Å². The number of hydrogen-bond acceptors (Lipinski definition) is 2. The summed E-state index contributed by atoms with van der Waals surface area (Å²) in [5, 5.41) is 3.27. The second-order valence-corrected chi connectivity index (χ2v) is 9.37. The molecule has 0 aliphatic carbocycles. The fourth-order valence-electron chi connectivity index (χ4n) is 3.48. The Labute approximate surface area is 193 Å². The first kappa shape index (κ1) is 23.0. The van der Waals surface area contributed by atoms with Crippen molar-refractivity contribution < 1.29 is 4.79 Å². The number of carbonyl (C=O) groups is 1. The molecule has 0 unspecified atom stereocenters. The van der Waals surface area contributed by atoms with Gasteiger partial charge in [-0.1, -0.05) is 109 Å². The van der Waals surface area contributed by atoms with Crippen molar-refractivity contribution in [2.75, 3.05) is 13.1 Å². The van der Waals surface area contributed by atoms with Crippen LogP contribution in [0.25, 0.3) is 0 Å². The molecule has 0 bridgehead atoms. The zero-order valence-electron chi connectivity index (χ0n) is 18.1. The second-order valence-electron chi connectivity index (χ2n) is 8.52. The predicted octanol–water partition coefficient (Wildman–Crippen LogP) is 5.74. The molecule has 0 aromatic heterocycles. The Morgan fingerprint density at radius 2 is 1.45 bits per heavy atom. The molecule has 0 heterocycles. The van der Waals surface area contributed by atoms with Crippen molar-refractivity contribution in [3.05, 3.63) is 106 Å². The standard InChI is InChI=1S/C26H30BrN3O/c1-26(2,18-28)19-30(17-22-15-9-10-16-23(22)27)25(31)29-24(20-11-5-3-6-12-20)21-13-7-4-8-14-21/h3-16,24H,17-19,28H2,1-2H3,(H,29,31). The Balaban J connectivity index is 1.90. The number of nitrogens with zero attached hydrogens (tertiary/aromatic N) is 1. The van der Waals surface area contributed by atoms with Crippen LogP contribution in [0.1, 0.15) is 36.6 Å². The fraction of sp³-hybridized carbons (Fsp3) is 0.269. The Hall–Kier alpha value is -2.63. The SMILES string of the molecule is CC(C)(CN)CN(Cc1ccccc1Br)C(=O)NC(c1ccccc1)c1ccccc1. The number of rotatable bonds is 8. The molecule has 3 aromatic rings. The van der Waals surface area contributed by atoms with Crippen molar-refractivity contribution in [2.24, 2.45) is 11.1 Å². The average molecular weight is 480 g/mol. The van der Waals surface area contributed by atoms with Crippen molar-refractivity contribution in [3.8, 4) is 0 Å². The van der Waals surface area contributed by atoms with Crippen LogP contribution in [0.5, 0.6) is 0 Å². The quantitative estimate of drug-likeness (QED) is 0.432. The van der Waals surface area contributed by atoms with Crippen LogP contribution in [-0.2, 0) is 6.54 Å². The van der Waals surface area contributed by atoms with E-state index in [1.165, 1.54) is 0 Å². The molecule has 3 N–H and O–H groups in total. The highest BCUT2D eigenvalue weighted by Crippen LogP contribution is 2.25. The summed E-state index contributed by atoms with van der Waals surface area (Å²) in [7, 11) is 0. The summed E-state index contributed by atoms with van der Waals surface area (Å²) in [5.74, 6) is 0. The molecule has 3 aromatic carbocycles. The van der Waals surface area contributed by atoms with Crippen LogP contribution in [0.2, 0.25) is 0 Å². The number of carbonyl (C=O) groups excluding carboxylic acids is 1. The molecule has 0 saturated carbocycles. The van der Waals surface area contributed by atoms with E-state index in [0.717, 1.165) is 21.2 Å². The minimum atomic E-state index is -0.238. The maximum absolute atomic E-state index is 13.6. The van der Waals surface area contributed by atoms with Gasteiger partial charge in [-0.3, -0.25) is 0 Å². The summed E-state index contributed by atoms with van der Waals surface area (Å²) >= 11 is 3.61. The number of nitrogens with one attached hydrogen (secondary N) is 1. The predicted molar refractivity (Wildman–Crippen MR) is 131 cm³/mol. The monoisotopic (exact) mass is 479 g/mol. The van der Waals surface area contributed by atoms with Crippen LogP contribution in [0.3, 0.4) is 0 Å². The van der Waals surface area contributed by atoms with Gasteiger partial charge in [-0.05, 0) is 34.7 Å². The van der Waals surface area contributed by atoms with Gasteiger partial charge in [-0.25, -0.2) is 4.79 Å². The average Bonchev–Trinajstić information content (AvgIpc) is 2.79. The Morgan fingerprint density at radius 1 is 0.935 bits per heavy atom. The number of halogens is 1. The van der Waals surface area contributed by atoms with Gasteiger partial charge in [0.2, 0.25) is 0 Å². The van der Waals surface area contributed by atoms with E-state index in [-0.39, 0.29) is 17.5 Å². The van der Waals surface area contributed by atoms with Gasteiger partial charge in [-0.2, -0.15) is 0 Å². The summed E-state index contributed by atoms with van der Waals surface area (Å²) in [5.41, 5.74) is 8.93. The zero-order chi connectivity index (χ0) is 22.3. The summed E-state index contributed by atoms with van der Waals surface area (Å²) in [4.78, 5) is 15.4. The number of urea groups is 1. The van der Waals surface area contributed by atoms with Crippen LogP contribution >= 0.6 is 15.9 Å². The van der Waals surface area contributed by atoms with Crippen LogP contribution in [-0.4, -0.2) is 24.0 Å². The first-order valence-electron chi connectivity index (χ1n) is 10.5. The minimum absolute atomic E-state index is 0.116. The highest BCUT2D eigenvalue weighted by atomic mass is 79.9. The van der Waals surface area contributed by atoms with Gasteiger partial charge in [-0.15, -0.1) is 0 Å². The third-order valence-electron chi connectivity index (χ3n) is 5.31. The van der Waals surface area contributed by atoms with Crippen LogP contribution in [0, 0.1) is 5.41 Å². The molecule has 162 valence electrons. The van der Waals surface area contributed by atoms with Crippen molar-refractivity contribution in [2.45, 2.75) is 26.4 Å². The lowest BCUT2D eigenvalue weighted by molar-refractivity contribution is 0.163. The van der Waals surface area contributed by atoms with Gasteiger partial charge in [0.1, 0.15) is 0 Å². The van der Waals surface area contributed by atoms with E-state index >= 15 is 0 Å². The van der Waals surface area contributed by atoms with Crippen molar-refractivity contribution in [1.29, 1.82) is 0 Å². The molecular formula is C26H30BrN3O. The number of hydrogen-bond donors (Lipinski definition) is 2. The number of nitrogens with two attached hydrogens (primary N) is 1. The lowest BCUT2D eigenvalue weighted by Crippen LogP contribution is -2.47. The van der Waals surface area contributed by atoms with Crippen molar-refractivity contribution in [1.82, 2.24) is 10.2 Å². The van der Waals surface area contributed by atoms with Crippen molar-refractivity contribution >= 4 is 22.0 Å². The van der Waals surface area contributed by atoms with Crippen LogP contribution < -0.4 is 11.1 Å². The van der Waals surface area contributed by atoms with Crippen LogP contribution in [0.15, 0.2) is 89.4 Å². The molecular weight excluding hydrogens is 450 g/mol. The molecule has 4 nitrogen and oxygen atoms in total. The molecule has 31 heavy (non-hydrogen) atoms. The van der Waals surface area contributed by atoms with Gasteiger partial charge < -0.3 is 16.0 Å². The molecule has 2 amide bonds. The zero-order valence-corrected chi connectivity index (χ0v) is 19.7. The highest BCUT2D eigenvalue weighted by molar-refractivity contribution is 9.10. The molecule has 0 aliphatic heterocycles. The van der Waals surface area contributed by atoms with E-state index in [0.29, 0.717) is 19.6 Å². The molecule has 5 heteroatoms. The van der Waals surface area contributed by atoms with Gasteiger partial charge in [0, 0.05) is 17.6 Å². The maximum atomic E-state index is 13.6. The molecule has 0 fully saturated rings. The molecule has 0 radical (unpaired) electrons. The van der Waals surface area contributed by atoms with Gasteiger partial charge in [0.15, 0.2) is 0 Å². The summed E-state index contributed by atoms with van der Waals surface area (Å²) < 4.78 is 0.987. The third-order valence-corrected chi connectivity index (χ3v) is 6.08. The van der Waals surface area contributed by atoms with E-state index < -0.39 is 0 Å². The number of benzene rings is 3. The largest absolute Gasteiger partial charge is 0.330 e. The maximum Gasteiger partial charge on any atom is 0.318 e. The summed E-state index contributed by atoms with van der Waals surface area (Å²) in [6.07, 6.45) is 0. The fourth-order valence-corrected chi connectivity index (χ4v) is 3.89. The molecule has 0 spiro atoms. The first-order chi connectivity index (χ1) is 14.9. The Morgan fingerprint density at radius 3 is 1.97 bits per heavy atom.